The lowest BCUT2D eigenvalue weighted by Crippen LogP contribution is -2.53. The molecule has 2 amide bonds. The van der Waals surface area contributed by atoms with Gasteiger partial charge < -0.3 is 40.1 Å². The highest BCUT2D eigenvalue weighted by Crippen LogP contribution is 2.43. The minimum Gasteiger partial charge on any atom is -0.504 e. The van der Waals surface area contributed by atoms with Gasteiger partial charge in [-0.05, 0) is 56.0 Å². The molecule has 4 fully saturated rings. The van der Waals surface area contributed by atoms with Crippen molar-refractivity contribution in [2.75, 3.05) is 56.5 Å². The topological polar surface area (TPSA) is 267 Å². The number of hydrogen-bond acceptors (Lipinski definition) is 16. The second-order valence-electron chi connectivity index (χ2n) is 16.7. The summed E-state index contributed by atoms with van der Waals surface area (Å²) in [4.78, 5) is 74.5. The number of carbonyl (C=O) groups excluding carboxylic acids is 2. The van der Waals surface area contributed by atoms with Crippen LogP contribution < -0.4 is 41.8 Å². The smallest absolute Gasteiger partial charge is 0.272 e. The van der Waals surface area contributed by atoms with Gasteiger partial charge in [-0.1, -0.05) is 60.5 Å². The first-order valence-corrected chi connectivity index (χ1v) is 25.6. The molecule has 5 aromatic carbocycles. The van der Waals surface area contributed by atoms with Crippen molar-refractivity contribution in [1.82, 2.24) is 18.4 Å². The third kappa shape index (κ3) is 9.04. The first-order chi connectivity index (χ1) is 32.8. The van der Waals surface area contributed by atoms with Crippen molar-refractivity contribution >= 4 is 77.8 Å². The summed E-state index contributed by atoms with van der Waals surface area (Å²) in [5.41, 5.74) is -3.03. The molecule has 4 saturated heterocycles. The Hall–Kier alpha value is -6.04. The van der Waals surface area contributed by atoms with E-state index in [-0.39, 0.29) is 114 Å². The van der Waals surface area contributed by atoms with Crippen LogP contribution in [-0.4, -0.2) is 115 Å². The maximum Gasteiger partial charge on any atom is 0.272 e. The van der Waals surface area contributed by atoms with Crippen molar-refractivity contribution < 1.29 is 46.1 Å². The van der Waals surface area contributed by atoms with Crippen molar-refractivity contribution in [2.45, 2.75) is 73.9 Å². The predicted octanol–water partition coefficient (Wildman–Crippen LogP) is 3.69. The molecule has 4 aliphatic heterocycles. The van der Waals surface area contributed by atoms with Gasteiger partial charge >= 0.3 is 0 Å². The van der Waals surface area contributed by atoms with Gasteiger partial charge in [0, 0.05) is 64.2 Å². The predicted molar refractivity (Wildman–Crippen MR) is 254 cm³/mol. The quantitative estimate of drug-likeness (QED) is 0.0913. The number of halogens is 2. The van der Waals surface area contributed by atoms with Gasteiger partial charge in [-0.25, -0.2) is 16.8 Å². The molecule has 4 N–H and O–H groups in total. The SMILES string of the molecule is CCOc1c(Nc2ccc(Cl)c(S(=O)(=O)N3CCN4C(=O)CCC4C3)c2O)c(=O)c1=O.CC[C@@H](Oc1c(Nc2ccc(Cl)c(S(=O)(=O)N3CCN4C(=O)CCC4C3)c2O)c(=O)c1=O)c1ccccc1. The molecule has 69 heavy (non-hydrogen) atoms. The van der Waals surface area contributed by atoms with Crippen molar-refractivity contribution in [3.63, 3.8) is 0 Å². The van der Waals surface area contributed by atoms with E-state index in [9.17, 15) is 55.8 Å². The van der Waals surface area contributed by atoms with Crippen LogP contribution in [0.3, 0.4) is 0 Å². The van der Waals surface area contributed by atoms with Crippen LogP contribution in [0.2, 0.25) is 10.0 Å². The Labute approximate surface area is 405 Å². The van der Waals surface area contributed by atoms with Crippen LogP contribution in [0.1, 0.15) is 57.6 Å². The fraction of sp³-hybridized carbons (Fsp3) is 0.378. The number of phenols is 2. The monoisotopic (exact) mass is 1030 g/mol. The summed E-state index contributed by atoms with van der Waals surface area (Å²) in [5, 5.41) is 26.6. The molecule has 2 unspecified atom stereocenters. The number of carbonyl (C=O) groups is 2. The molecule has 0 bridgehead atoms. The average molecular weight is 1030 g/mol. The average Bonchev–Trinajstić information content (AvgIpc) is 3.91. The number of piperazine rings is 2. The van der Waals surface area contributed by atoms with E-state index in [1.165, 1.54) is 32.9 Å². The molecular formula is C45H46Cl2N6O14S2. The largest absolute Gasteiger partial charge is 0.504 e. The summed E-state index contributed by atoms with van der Waals surface area (Å²) >= 11 is 12.4. The summed E-state index contributed by atoms with van der Waals surface area (Å²) in [7, 11) is -8.45. The number of rotatable bonds is 14. The van der Waals surface area contributed by atoms with Crippen LogP contribution in [0.15, 0.2) is 83.6 Å². The van der Waals surface area contributed by atoms with E-state index < -0.39 is 69.2 Å². The van der Waals surface area contributed by atoms with Gasteiger partial charge in [0.15, 0.2) is 23.0 Å². The molecule has 0 spiro atoms. The van der Waals surface area contributed by atoms with Gasteiger partial charge in [0.25, 0.3) is 21.7 Å². The lowest BCUT2D eigenvalue weighted by Gasteiger charge is -2.36. The van der Waals surface area contributed by atoms with E-state index in [1.807, 2.05) is 37.3 Å². The van der Waals surface area contributed by atoms with E-state index in [0.29, 0.717) is 32.1 Å². The van der Waals surface area contributed by atoms with Gasteiger partial charge in [0.2, 0.25) is 31.9 Å². The Balaban J connectivity index is 0.000000190. The summed E-state index contributed by atoms with van der Waals surface area (Å²) in [6.45, 7) is 4.52. The van der Waals surface area contributed by atoms with Crippen molar-refractivity contribution in [3.8, 4) is 23.0 Å². The van der Waals surface area contributed by atoms with Gasteiger partial charge in [-0.15, -0.1) is 0 Å². The first kappa shape index (κ1) is 49.4. The minimum absolute atomic E-state index is 0.00251. The number of nitrogens with one attached hydrogen (secondary N) is 2. The number of phenolic OH excluding ortho intramolecular Hbond substituents is 2. The lowest BCUT2D eigenvalue weighted by atomic mass is 10.1. The second kappa shape index (κ2) is 19.4. The molecule has 0 aromatic heterocycles. The number of fused-ring (bicyclic) bond motifs is 2. The van der Waals surface area contributed by atoms with E-state index >= 15 is 0 Å². The highest BCUT2D eigenvalue weighted by atomic mass is 35.5. The molecule has 4 heterocycles. The molecule has 0 aliphatic carbocycles. The van der Waals surface area contributed by atoms with Gasteiger partial charge in [-0.2, -0.15) is 8.61 Å². The van der Waals surface area contributed by atoms with Crippen molar-refractivity contribution in [3.05, 3.63) is 111 Å². The number of amides is 2. The lowest BCUT2D eigenvalue weighted by molar-refractivity contribution is -0.130. The highest BCUT2D eigenvalue weighted by Gasteiger charge is 2.43. The number of nitrogens with zero attached hydrogens (tertiary/aromatic N) is 4. The highest BCUT2D eigenvalue weighted by molar-refractivity contribution is 7.89. The molecule has 20 nitrogen and oxygen atoms in total. The normalized spacial score (nSPS) is 19.2. The maximum atomic E-state index is 13.5. The summed E-state index contributed by atoms with van der Waals surface area (Å²) in [6, 6.07) is 13.9. The molecule has 3 atom stereocenters. The number of aromatic hydroxyl groups is 2. The Morgan fingerprint density at radius 3 is 1.54 bits per heavy atom. The molecule has 24 heteroatoms. The standard InChI is InChI=1S/C26H26ClN3O7S.C19H20ClN3O7S/c1-2-19(15-6-4-3-5-7-15)37-25-21(23(33)24(25)34)28-18-10-9-17(27)26(22(18)32)38(35,36)29-12-13-30-16(14-29)8-11-20(30)31;1-2-30-18-14(16(26)17(18)27)21-12-5-4-11(20)19(15(12)25)31(28,29)22-7-8-23-10(9-22)3-6-13(23)24/h3-7,9-10,16,19,28,32H,2,8,11-14H2,1H3;4-5,10,21,25H,2-3,6-9H2,1H3/t16?,19-;/m1./s1. The maximum absolute atomic E-state index is 13.5. The Morgan fingerprint density at radius 1 is 0.638 bits per heavy atom. The zero-order valence-corrected chi connectivity index (χ0v) is 40.2. The first-order valence-electron chi connectivity index (χ1n) is 22.0. The van der Waals surface area contributed by atoms with Crippen LogP contribution in [0.4, 0.5) is 22.7 Å². The molecule has 9 rings (SSSR count). The summed E-state index contributed by atoms with van der Waals surface area (Å²) < 4.78 is 67.1. The Morgan fingerprint density at radius 2 is 1.09 bits per heavy atom. The number of hydrogen-bond donors (Lipinski definition) is 4. The fourth-order valence-corrected chi connectivity index (χ4v) is 13.1. The van der Waals surface area contributed by atoms with Gasteiger partial charge in [0.1, 0.15) is 27.3 Å². The zero-order chi connectivity index (χ0) is 49.7. The molecule has 4 aliphatic rings. The third-order valence-corrected chi connectivity index (χ3v) is 17.4. The number of benzene rings is 3. The molecule has 5 aromatic rings. The van der Waals surface area contributed by atoms with Crippen molar-refractivity contribution in [2.24, 2.45) is 0 Å². The van der Waals surface area contributed by atoms with E-state index in [0.717, 1.165) is 5.56 Å². The van der Waals surface area contributed by atoms with E-state index in [4.69, 9.17) is 32.7 Å². The van der Waals surface area contributed by atoms with E-state index in [2.05, 4.69) is 10.6 Å². The van der Waals surface area contributed by atoms with E-state index in [1.54, 1.807) is 16.7 Å². The Bertz CT molecular complexity index is 3230. The second-order valence-corrected chi connectivity index (χ2v) is 21.2. The van der Waals surface area contributed by atoms with Crippen molar-refractivity contribution in [1.29, 1.82) is 0 Å². The Kier molecular flexibility index (Phi) is 13.9. The van der Waals surface area contributed by atoms with Gasteiger partial charge in [-0.3, -0.25) is 28.8 Å². The minimum atomic E-state index is -4.25. The summed E-state index contributed by atoms with van der Waals surface area (Å²) in [6.07, 6.45) is 1.91. The molecular weight excluding hydrogens is 984 g/mol. The summed E-state index contributed by atoms with van der Waals surface area (Å²) in [5.74, 6) is -1.71. The van der Waals surface area contributed by atoms with Crippen LogP contribution in [0, 0.1) is 0 Å². The molecule has 0 saturated carbocycles. The van der Waals surface area contributed by atoms with Gasteiger partial charge in [0.05, 0.1) is 28.0 Å². The van der Waals surface area contributed by atoms with Crippen LogP contribution in [0.25, 0.3) is 0 Å². The fourth-order valence-electron chi connectivity index (χ4n) is 8.98. The third-order valence-electron chi connectivity index (χ3n) is 12.6. The van der Waals surface area contributed by atoms with Crippen LogP contribution in [0.5, 0.6) is 23.0 Å². The molecule has 0 radical (unpaired) electrons. The number of anilines is 4. The van der Waals surface area contributed by atoms with Crippen LogP contribution in [-0.2, 0) is 29.6 Å². The number of sulfonamides is 2. The molecule has 366 valence electrons. The zero-order valence-electron chi connectivity index (χ0n) is 37.1. The van der Waals surface area contributed by atoms with Crippen LogP contribution >= 0.6 is 23.2 Å². The number of ether oxygens (including phenoxy) is 2.